The van der Waals surface area contributed by atoms with Gasteiger partial charge in [-0.2, -0.15) is 0 Å². The number of fused-ring (bicyclic) bond motifs is 1. The summed E-state index contributed by atoms with van der Waals surface area (Å²) in [6, 6.07) is 10.8. The van der Waals surface area contributed by atoms with E-state index in [1.165, 1.54) is 0 Å². The molecule has 1 atom stereocenters. The maximum absolute atomic E-state index is 13.7. The molecule has 1 aromatic heterocycles. The number of carbonyl (C=O) groups excluding carboxylic acids is 1. The Labute approximate surface area is 226 Å². The van der Waals surface area contributed by atoms with Gasteiger partial charge in [0, 0.05) is 30.9 Å². The van der Waals surface area contributed by atoms with Crippen molar-refractivity contribution in [2.75, 3.05) is 30.7 Å². The van der Waals surface area contributed by atoms with E-state index >= 15 is 0 Å². The van der Waals surface area contributed by atoms with E-state index < -0.39 is 27.2 Å². The van der Waals surface area contributed by atoms with Crippen LogP contribution in [0.3, 0.4) is 0 Å². The summed E-state index contributed by atoms with van der Waals surface area (Å²) < 4.78 is 27.0. The lowest BCUT2D eigenvalue weighted by Gasteiger charge is -2.34. The molecule has 1 amide bonds. The number of aromatic amines is 1. The number of amides is 1. The standard InChI is InChI=1S/C26H33N7O5S/c1-16-19(26(2,25(36)33-11-3-4-12-33)15-30-39(37,38)14-22(34)35)9-10-20-23(16)32-21(31-20)13-29-18-7-5-17(6-8-18)24(27)28/h5-10,29-30H,3-4,11-15H2,1-2H3,(H3,27,28)(H,31,32)(H,34,35). The summed E-state index contributed by atoms with van der Waals surface area (Å²) >= 11 is 0. The van der Waals surface area contributed by atoms with Crippen LogP contribution in [0.5, 0.6) is 0 Å². The molecule has 0 bridgehead atoms. The Balaban J connectivity index is 1.62. The van der Waals surface area contributed by atoms with Gasteiger partial charge in [-0.15, -0.1) is 0 Å². The quantitative estimate of drug-likeness (QED) is 0.152. The number of benzene rings is 2. The fourth-order valence-electron chi connectivity index (χ4n) is 4.92. The molecule has 13 heteroatoms. The molecule has 2 aromatic carbocycles. The topological polar surface area (TPSA) is 194 Å². The molecule has 1 aliphatic heterocycles. The van der Waals surface area contributed by atoms with Gasteiger partial charge in [0.05, 0.1) is 23.0 Å². The number of aromatic nitrogens is 2. The molecule has 0 aliphatic carbocycles. The predicted octanol–water partition coefficient (Wildman–Crippen LogP) is 1.65. The number of hydrogen-bond acceptors (Lipinski definition) is 7. The number of H-pyrrole nitrogens is 1. The molecule has 3 aromatic rings. The molecular weight excluding hydrogens is 522 g/mol. The molecule has 39 heavy (non-hydrogen) atoms. The minimum atomic E-state index is -4.14. The fourth-order valence-corrected chi connectivity index (χ4v) is 5.86. The third-order valence-electron chi connectivity index (χ3n) is 7.03. The first kappa shape index (κ1) is 28.0. The largest absolute Gasteiger partial charge is 0.480 e. The van der Waals surface area contributed by atoms with E-state index in [1.54, 1.807) is 30.0 Å². The Morgan fingerprint density at radius 3 is 2.46 bits per heavy atom. The van der Waals surface area contributed by atoms with Gasteiger partial charge in [0.1, 0.15) is 11.7 Å². The summed E-state index contributed by atoms with van der Waals surface area (Å²) in [5, 5.41) is 19.7. The van der Waals surface area contributed by atoms with Gasteiger partial charge < -0.3 is 26.0 Å². The van der Waals surface area contributed by atoms with Gasteiger partial charge in [-0.05, 0) is 68.1 Å². The SMILES string of the molecule is Cc1c(C(C)(CNS(=O)(=O)CC(=O)O)C(=O)N2CCCC2)ccc2[nH]c(CNc3ccc(C(=N)N)cc3)nc12. The Bertz CT molecular complexity index is 1510. The van der Waals surface area contributed by atoms with Crippen molar-refractivity contribution in [3.05, 3.63) is 58.9 Å². The van der Waals surface area contributed by atoms with Crippen molar-refractivity contribution >= 4 is 44.5 Å². The Morgan fingerprint density at radius 2 is 1.85 bits per heavy atom. The van der Waals surface area contributed by atoms with Crippen LogP contribution < -0.4 is 15.8 Å². The number of likely N-dealkylation sites (tertiary alicyclic amines) is 1. The molecule has 208 valence electrons. The van der Waals surface area contributed by atoms with E-state index in [9.17, 15) is 18.0 Å². The number of rotatable bonds is 11. The van der Waals surface area contributed by atoms with E-state index in [4.69, 9.17) is 21.2 Å². The number of carboxylic acids is 1. The number of nitrogens with two attached hydrogens (primary N) is 1. The molecule has 0 radical (unpaired) electrons. The van der Waals surface area contributed by atoms with Crippen molar-refractivity contribution in [2.24, 2.45) is 5.73 Å². The first-order valence-corrected chi connectivity index (χ1v) is 14.2. The van der Waals surface area contributed by atoms with Crippen LogP contribution in [0.4, 0.5) is 5.69 Å². The molecule has 7 N–H and O–H groups in total. The normalized spacial score (nSPS) is 15.3. The highest BCUT2D eigenvalue weighted by molar-refractivity contribution is 7.90. The number of imidazole rings is 1. The van der Waals surface area contributed by atoms with Gasteiger partial charge in [0.25, 0.3) is 0 Å². The van der Waals surface area contributed by atoms with Crippen molar-refractivity contribution in [3.63, 3.8) is 0 Å². The summed E-state index contributed by atoms with van der Waals surface area (Å²) in [6.07, 6.45) is 1.75. The van der Waals surface area contributed by atoms with Gasteiger partial charge >= 0.3 is 5.97 Å². The predicted molar refractivity (Wildman–Crippen MR) is 148 cm³/mol. The van der Waals surface area contributed by atoms with Crippen molar-refractivity contribution < 1.29 is 23.1 Å². The molecule has 2 heterocycles. The lowest BCUT2D eigenvalue weighted by atomic mass is 9.78. The van der Waals surface area contributed by atoms with E-state index in [1.807, 2.05) is 25.1 Å². The highest BCUT2D eigenvalue weighted by Gasteiger charge is 2.41. The van der Waals surface area contributed by atoms with Crippen LogP contribution in [0.25, 0.3) is 11.0 Å². The zero-order valence-corrected chi connectivity index (χ0v) is 22.7. The first-order chi connectivity index (χ1) is 18.4. The zero-order chi connectivity index (χ0) is 28.4. The Morgan fingerprint density at radius 1 is 1.18 bits per heavy atom. The second kappa shape index (κ2) is 11.0. The van der Waals surface area contributed by atoms with Crippen molar-refractivity contribution in [3.8, 4) is 0 Å². The highest BCUT2D eigenvalue weighted by Crippen LogP contribution is 2.33. The second-order valence-corrected chi connectivity index (χ2v) is 11.8. The van der Waals surface area contributed by atoms with Crippen LogP contribution in [-0.4, -0.2) is 71.5 Å². The number of amidine groups is 1. The lowest BCUT2D eigenvalue weighted by molar-refractivity contribution is -0.135. The van der Waals surface area contributed by atoms with Crippen LogP contribution in [-0.2, 0) is 31.6 Å². The molecule has 1 fully saturated rings. The molecule has 12 nitrogen and oxygen atoms in total. The monoisotopic (exact) mass is 555 g/mol. The number of anilines is 1. The van der Waals surface area contributed by atoms with Gasteiger partial charge in [-0.3, -0.25) is 15.0 Å². The summed E-state index contributed by atoms with van der Waals surface area (Å²) in [6.45, 7) is 4.82. The second-order valence-electron chi connectivity index (χ2n) is 9.97. The average molecular weight is 556 g/mol. The molecule has 1 saturated heterocycles. The van der Waals surface area contributed by atoms with E-state index in [0.29, 0.717) is 42.1 Å². The Kier molecular flexibility index (Phi) is 7.93. The molecular formula is C26H33N7O5S. The average Bonchev–Trinajstić information content (AvgIpc) is 3.56. The van der Waals surface area contributed by atoms with Crippen LogP contribution >= 0.6 is 0 Å². The summed E-state index contributed by atoms with van der Waals surface area (Å²) in [5.74, 6) is -2.11. The maximum atomic E-state index is 13.7. The van der Waals surface area contributed by atoms with Crippen LogP contribution in [0.1, 0.15) is 42.3 Å². The summed E-state index contributed by atoms with van der Waals surface area (Å²) in [5.41, 5.74) is 8.47. The number of nitrogens with one attached hydrogen (secondary N) is 4. The molecule has 1 aliphatic rings. The third-order valence-corrected chi connectivity index (χ3v) is 8.24. The summed E-state index contributed by atoms with van der Waals surface area (Å²) in [4.78, 5) is 34.5. The highest BCUT2D eigenvalue weighted by atomic mass is 32.2. The van der Waals surface area contributed by atoms with E-state index in [2.05, 4.69) is 15.0 Å². The van der Waals surface area contributed by atoms with E-state index in [-0.39, 0.29) is 18.3 Å². The molecule has 0 saturated carbocycles. The van der Waals surface area contributed by atoms with Crippen molar-refractivity contribution in [1.82, 2.24) is 19.6 Å². The number of hydrogen-bond donors (Lipinski definition) is 6. The first-order valence-electron chi connectivity index (χ1n) is 12.5. The van der Waals surface area contributed by atoms with Gasteiger partial charge in [-0.1, -0.05) is 6.07 Å². The number of aliphatic carboxylic acids is 1. The smallest absolute Gasteiger partial charge is 0.320 e. The Hall–Kier alpha value is -3.97. The minimum absolute atomic E-state index is 0.00462. The van der Waals surface area contributed by atoms with Crippen LogP contribution in [0.2, 0.25) is 0 Å². The number of carboxylic acid groups (broad SMARTS) is 1. The molecule has 1 unspecified atom stereocenters. The van der Waals surface area contributed by atoms with Gasteiger partial charge in [0.2, 0.25) is 15.9 Å². The number of sulfonamides is 1. The summed E-state index contributed by atoms with van der Waals surface area (Å²) in [7, 11) is -4.14. The molecule has 0 spiro atoms. The van der Waals surface area contributed by atoms with E-state index in [0.717, 1.165) is 29.6 Å². The van der Waals surface area contributed by atoms with Gasteiger partial charge in [-0.25, -0.2) is 18.1 Å². The molecule has 4 rings (SSSR count). The van der Waals surface area contributed by atoms with Crippen molar-refractivity contribution in [2.45, 2.75) is 38.6 Å². The number of aryl methyl sites for hydroxylation is 1. The number of nitrogens with zero attached hydrogens (tertiary/aromatic N) is 2. The lowest BCUT2D eigenvalue weighted by Crippen LogP contribution is -2.51. The number of nitrogen functional groups attached to an aromatic ring is 1. The maximum Gasteiger partial charge on any atom is 0.320 e. The van der Waals surface area contributed by atoms with Crippen LogP contribution in [0.15, 0.2) is 36.4 Å². The zero-order valence-electron chi connectivity index (χ0n) is 21.9. The van der Waals surface area contributed by atoms with Gasteiger partial charge in [0.15, 0.2) is 5.75 Å². The third kappa shape index (κ3) is 6.20. The number of carbonyl (C=O) groups is 2. The minimum Gasteiger partial charge on any atom is -0.480 e. The van der Waals surface area contributed by atoms with Crippen molar-refractivity contribution in [1.29, 1.82) is 5.41 Å². The van der Waals surface area contributed by atoms with Crippen LogP contribution in [0, 0.1) is 12.3 Å². The fraction of sp³-hybridized carbons (Fsp3) is 0.385.